The second kappa shape index (κ2) is 2.21. The van der Waals surface area contributed by atoms with Crippen LogP contribution in [0.5, 0.6) is 0 Å². The van der Waals surface area contributed by atoms with E-state index in [1.807, 2.05) is 0 Å². The molecule has 10 heavy (non-hydrogen) atoms. The van der Waals surface area contributed by atoms with E-state index in [1.54, 1.807) is 0 Å². The highest BCUT2D eigenvalue weighted by Crippen LogP contribution is 2.39. The SMILES string of the molecule is CCN1C[C@H]2C[C@@H](N)[C@H]2C1. The first-order chi connectivity index (χ1) is 4.81. The number of rotatable bonds is 1. The average Bonchev–Trinajstić information content (AvgIpc) is 2.26. The molecule has 0 aromatic heterocycles. The van der Waals surface area contributed by atoms with Crippen LogP contribution in [0.3, 0.4) is 0 Å². The molecule has 0 aromatic carbocycles. The first kappa shape index (κ1) is 6.62. The quantitative estimate of drug-likeness (QED) is 0.567. The molecule has 0 unspecified atom stereocenters. The molecule has 2 aliphatic rings. The van der Waals surface area contributed by atoms with E-state index >= 15 is 0 Å². The van der Waals surface area contributed by atoms with Gasteiger partial charge >= 0.3 is 0 Å². The second-order valence-corrected chi connectivity index (χ2v) is 3.68. The lowest BCUT2D eigenvalue weighted by atomic mass is 9.72. The zero-order valence-electron chi connectivity index (χ0n) is 6.59. The summed E-state index contributed by atoms with van der Waals surface area (Å²) >= 11 is 0. The van der Waals surface area contributed by atoms with E-state index in [0.29, 0.717) is 6.04 Å². The van der Waals surface area contributed by atoms with Gasteiger partial charge in [-0.3, -0.25) is 0 Å². The Labute approximate surface area is 62.4 Å². The van der Waals surface area contributed by atoms with E-state index in [-0.39, 0.29) is 0 Å². The molecule has 2 rings (SSSR count). The minimum Gasteiger partial charge on any atom is -0.327 e. The van der Waals surface area contributed by atoms with Crippen LogP contribution in [0.2, 0.25) is 0 Å². The minimum absolute atomic E-state index is 0.529. The molecular weight excluding hydrogens is 124 g/mol. The Morgan fingerprint density at radius 2 is 2.30 bits per heavy atom. The van der Waals surface area contributed by atoms with Crippen molar-refractivity contribution >= 4 is 0 Å². The molecule has 3 atom stereocenters. The summed E-state index contributed by atoms with van der Waals surface area (Å²) in [6.07, 6.45) is 1.28. The fraction of sp³-hybridized carbons (Fsp3) is 1.00. The molecule has 0 spiro atoms. The fourth-order valence-corrected chi connectivity index (χ4v) is 2.31. The van der Waals surface area contributed by atoms with E-state index in [0.717, 1.165) is 11.8 Å². The molecule has 2 nitrogen and oxygen atoms in total. The van der Waals surface area contributed by atoms with Crippen molar-refractivity contribution in [2.24, 2.45) is 17.6 Å². The van der Waals surface area contributed by atoms with E-state index in [4.69, 9.17) is 5.73 Å². The van der Waals surface area contributed by atoms with Crippen LogP contribution in [0.4, 0.5) is 0 Å². The monoisotopic (exact) mass is 140 g/mol. The van der Waals surface area contributed by atoms with Crippen molar-refractivity contribution in [3.63, 3.8) is 0 Å². The Morgan fingerprint density at radius 3 is 2.80 bits per heavy atom. The third kappa shape index (κ3) is 0.789. The zero-order valence-corrected chi connectivity index (χ0v) is 6.59. The van der Waals surface area contributed by atoms with Crippen molar-refractivity contribution in [3.05, 3.63) is 0 Å². The predicted octanol–water partition coefficient (Wildman–Crippen LogP) is 0.285. The van der Waals surface area contributed by atoms with Crippen molar-refractivity contribution in [2.45, 2.75) is 19.4 Å². The number of nitrogens with two attached hydrogens (primary N) is 1. The number of fused-ring (bicyclic) bond motifs is 1. The summed E-state index contributed by atoms with van der Waals surface area (Å²) in [6, 6.07) is 0.529. The Kier molecular flexibility index (Phi) is 1.46. The highest BCUT2D eigenvalue weighted by Gasteiger charge is 2.44. The Bertz CT molecular complexity index is 135. The summed E-state index contributed by atoms with van der Waals surface area (Å²) in [4.78, 5) is 2.52. The third-order valence-electron chi connectivity index (χ3n) is 3.14. The summed E-state index contributed by atoms with van der Waals surface area (Å²) in [5.74, 6) is 1.80. The Hall–Kier alpha value is -0.0800. The van der Waals surface area contributed by atoms with Crippen LogP contribution in [0.25, 0.3) is 0 Å². The van der Waals surface area contributed by atoms with Gasteiger partial charge in [0.15, 0.2) is 0 Å². The van der Waals surface area contributed by atoms with Gasteiger partial charge in [0.2, 0.25) is 0 Å². The predicted molar refractivity (Wildman–Crippen MR) is 41.7 cm³/mol. The van der Waals surface area contributed by atoms with E-state index in [1.165, 1.54) is 26.1 Å². The van der Waals surface area contributed by atoms with Gasteiger partial charge in [0.25, 0.3) is 0 Å². The molecule has 58 valence electrons. The van der Waals surface area contributed by atoms with Gasteiger partial charge in [-0.1, -0.05) is 6.92 Å². The second-order valence-electron chi connectivity index (χ2n) is 3.68. The van der Waals surface area contributed by atoms with Crippen LogP contribution in [-0.2, 0) is 0 Å². The average molecular weight is 140 g/mol. The van der Waals surface area contributed by atoms with Gasteiger partial charge in [0.05, 0.1) is 0 Å². The highest BCUT2D eigenvalue weighted by atomic mass is 15.2. The fourth-order valence-electron chi connectivity index (χ4n) is 2.31. The first-order valence-corrected chi connectivity index (χ1v) is 4.29. The summed E-state index contributed by atoms with van der Waals surface area (Å²) in [7, 11) is 0. The standard InChI is InChI=1S/C8H16N2/c1-2-10-4-6-3-8(9)7(6)5-10/h6-8H,2-5,9H2,1H3/t6-,7+,8-/m1/s1. The summed E-state index contributed by atoms with van der Waals surface area (Å²) < 4.78 is 0. The molecule has 1 heterocycles. The van der Waals surface area contributed by atoms with Gasteiger partial charge in [-0.05, 0) is 24.8 Å². The highest BCUT2D eigenvalue weighted by molar-refractivity contribution is 4.99. The van der Waals surface area contributed by atoms with Gasteiger partial charge < -0.3 is 10.6 Å². The smallest absolute Gasteiger partial charge is 0.00857 e. The lowest BCUT2D eigenvalue weighted by Crippen LogP contribution is -2.46. The van der Waals surface area contributed by atoms with Crippen molar-refractivity contribution in [1.29, 1.82) is 0 Å². The van der Waals surface area contributed by atoms with Gasteiger partial charge in [0, 0.05) is 19.1 Å². The Morgan fingerprint density at radius 1 is 1.50 bits per heavy atom. The topological polar surface area (TPSA) is 29.3 Å². The maximum atomic E-state index is 5.85. The van der Waals surface area contributed by atoms with Crippen LogP contribution in [0, 0.1) is 11.8 Å². The molecule has 1 saturated carbocycles. The first-order valence-electron chi connectivity index (χ1n) is 4.29. The molecule has 2 N–H and O–H groups in total. The van der Waals surface area contributed by atoms with Gasteiger partial charge in [-0.2, -0.15) is 0 Å². The summed E-state index contributed by atoms with van der Waals surface area (Å²) in [6.45, 7) is 6.02. The molecular formula is C8H16N2. The van der Waals surface area contributed by atoms with Gasteiger partial charge in [-0.15, -0.1) is 0 Å². The van der Waals surface area contributed by atoms with Crippen molar-refractivity contribution < 1.29 is 0 Å². The van der Waals surface area contributed by atoms with Crippen LogP contribution >= 0.6 is 0 Å². The van der Waals surface area contributed by atoms with Crippen molar-refractivity contribution in [3.8, 4) is 0 Å². The lowest BCUT2D eigenvalue weighted by Gasteiger charge is -2.36. The van der Waals surface area contributed by atoms with Crippen LogP contribution in [0.1, 0.15) is 13.3 Å². The number of likely N-dealkylation sites (tertiary alicyclic amines) is 1. The normalized spacial score (nSPS) is 46.8. The maximum Gasteiger partial charge on any atom is 0.00857 e. The largest absolute Gasteiger partial charge is 0.327 e. The van der Waals surface area contributed by atoms with Gasteiger partial charge in [0.1, 0.15) is 0 Å². The minimum atomic E-state index is 0.529. The molecule has 1 aliphatic heterocycles. The van der Waals surface area contributed by atoms with E-state index in [9.17, 15) is 0 Å². The molecule has 0 amide bonds. The molecule has 0 aromatic rings. The van der Waals surface area contributed by atoms with Crippen molar-refractivity contribution in [2.75, 3.05) is 19.6 Å². The van der Waals surface area contributed by atoms with E-state index in [2.05, 4.69) is 11.8 Å². The Balaban J connectivity index is 1.93. The summed E-state index contributed by atoms with van der Waals surface area (Å²) in [5, 5.41) is 0. The molecule has 1 saturated heterocycles. The maximum absolute atomic E-state index is 5.85. The van der Waals surface area contributed by atoms with Crippen LogP contribution in [-0.4, -0.2) is 30.6 Å². The third-order valence-corrected chi connectivity index (χ3v) is 3.14. The van der Waals surface area contributed by atoms with Crippen molar-refractivity contribution in [1.82, 2.24) is 4.90 Å². The lowest BCUT2D eigenvalue weighted by molar-refractivity contribution is 0.194. The number of nitrogens with zero attached hydrogens (tertiary/aromatic N) is 1. The zero-order chi connectivity index (χ0) is 7.14. The number of hydrogen-bond acceptors (Lipinski definition) is 2. The van der Waals surface area contributed by atoms with Gasteiger partial charge in [-0.25, -0.2) is 0 Å². The molecule has 0 radical (unpaired) electrons. The molecule has 0 bridgehead atoms. The summed E-state index contributed by atoms with van der Waals surface area (Å²) in [5.41, 5.74) is 5.85. The van der Waals surface area contributed by atoms with Crippen LogP contribution < -0.4 is 5.73 Å². The number of hydrogen-bond donors (Lipinski definition) is 1. The van der Waals surface area contributed by atoms with E-state index < -0.39 is 0 Å². The van der Waals surface area contributed by atoms with Crippen LogP contribution in [0.15, 0.2) is 0 Å². The molecule has 2 fully saturated rings. The molecule has 2 heteroatoms. The molecule has 1 aliphatic carbocycles.